The molecule has 150 valence electrons. The molecule has 1 aliphatic rings. The Bertz CT molecular complexity index is 808. The molecule has 28 heavy (non-hydrogen) atoms. The van der Waals surface area contributed by atoms with E-state index in [1.54, 1.807) is 6.07 Å². The highest BCUT2D eigenvalue weighted by atomic mass is 35.5. The van der Waals surface area contributed by atoms with Crippen molar-refractivity contribution in [3.63, 3.8) is 0 Å². The Morgan fingerprint density at radius 3 is 2.54 bits per heavy atom. The summed E-state index contributed by atoms with van der Waals surface area (Å²) in [7, 11) is 1.98. The third-order valence-electron chi connectivity index (χ3n) is 5.14. The van der Waals surface area contributed by atoms with Crippen molar-refractivity contribution < 1.29 is 14.4 Å². The number of ether oxygens (including phenoxy) is 1. The van der Waals surface area contributed by atoms with Crippen molar-refractivity contribution in [1.29, 1.82) is 0 Å². The molecule has 0 bridgehead atoms. The number of likely N-dealkylation sites (N-methyl/N-ethyl adjacent to an activating group) is 1. The van der Waals surface area contributed by atoms with Crippen LogP contribution in [-0.2, 0) is 16.1 Å². The molecule has 0 saturated carbocycles. The van der Waals surface area contributed by atoms with Gasteiger partial charge in [-0.05, 0) is 37.3 Å². The van der Waals surface area contributed by atoms with Gasteiger partial charge in [0.05, 0.1) is 30.3 Å². The molecule has 1 saturated heterocycles. The monoisotopic (exact) mass is 422 g/mol. The molecule has 2 aromatic carbocycles. The summed E-state index contributed by atoms with van der Waals surface area (Å²) in [6.45, 7) is 5.81. The zero-order valence-corrected chi connectivity index (χ0v) is 17.7. The molecule has 5 nitrogen and oxygen atoms in total. The molecule has 1 fully saturated rings. The van der Waals surface area contributed by atoms with Gasteiger partial charge in [-0.15, -0.1) is 0 Å². The number of hydrogen-bond donors (Lipinski definition) is 2. The van der Waals surface area contributed by atoms with Crippen LogP contribution in [0.2, 0.25) is 10.0 Å². The molecule has 3 rings (SSSR count). The largest absolute Gasteiger partial charge is 0.378 e. The number of hydrogen-bond acceptors (Lipinski definition) is 3. The van der Waals surface area contributed by atoms with Crippen molar-refractivity contribution in [3.05, 3.63) is 58.1 Å². The normalized spacial score (nSPS) is 16.5. The molecule has 1 aliphatic heterocycles. The van der Waals surface area contributed by atoms with Crippen molar-refractivity contribution >= 4 is 40.5 Å². The summed E-state index contributed by atoms with van der Waals surface area (Å²) in [6.07, 6.45) is 0. The third-order valence-corrected chi connectivity index (χ3v) is 6.00. The molecule has 2 aromatic rings. The predicted octanol–water partition coefficient (Wildman–Crippen LogP) is 2.87. The minimum absolute atomic E-state index is 0.0326. The maximum Gasteiger partial charge on any atom is 0.282 e. The van der Waals surface area contributed by atoms with Crippen LogP contribution in [0.3, 0.4) is 0 Å². The maximum atomic E-state index is 12.7. The van der Waals surface area contributed by atoms with E-state index in [0.717, 1.165) is 48.1 Å². The van der Waals surface area contributed by atoms with Crippen LogP contribution >= 0.6 is 23.2 Å². The molecule has 2 atom stereocenters. The molecule has 1 heterocycles. The van der Waals surface area contributed by atoms with Gasteiger partial charge in [0.2, 0.25) is 0 Å². The lowest BCUT2D eigenvalue weighted by atomic mass is 10.1. The Balaban J connectivity index is 1.58. The van der Waals surface area contributed by atoms with Gasteiger partial charge in [-0.3, -0.25) is 4.79 Å². The average Bonchev–Trinajstić information content (AvgIpc) is 2.72. The molecule has 0 aromatic heterocycles. The van der Waals surface area contributed by atoms with E-state index in [1.807, 2.05) is 50.4 Å². The van der Waals surface area contributed by atoms with E-state index in [9.17, 15) is 4.79 Å². The number of quaternary nitrogens is 1. The standard InChI is InChI=1S/C21H25Cl2N3O2/c1-15(25(2)14-16-4-3-5-19(22)20(16)23)21(27)24-17-6-8-18(9-7-17)26-10-12-28-13-11-26/h3-9,15H,10-14H2,1-2H3,(H,24,27)/p+1/t15-/m0/s1. The van der Waals surface area contributed by atoms with Gasteiger partial charge in [-0.25, -0.2) is 0 Å². The van der Waals surface area contributed by atoms with Crippen LogP contribution in [0.15, 0.2) is 42.5 Å². The van der Waals surface area contributed by atoms with Crippen LogP contribution < -0.4 is 15.1 Å². The van der Waals surface area contributed by atoms with Crippen LogP contribution in [0.4, 0.5) is 11.4 Å². The van der Waals surface area contributed by atoms with Crippen LogP contribution in [0, 0.1) is 0 Å². The number of amides is 1. The molecule has 0 spiro atoms. The summed E-state index contributed by atoms with van der Waals surface area (Å²) < 4.78 is 5.39. The minimum atomic E-state index is -0.242. The first kappa shape index (κ1) is 20.9. The molecule has 1 amide bonds. The first-order valence-corrected chi connectivity index (χ1v) is 10.2. The number of carbonyl (C=O) groups is 1. The highest BCUT2D eigenvalue weighted by Crippen LogP contribution is 2.25. The Kier molecular flexibility index (Phi) is 7.18. The van der Waals surface area contributed by atoms with Gasteiger partial charge in [0.15, 0.2) is 6.04 Å². The molecular formula is C21H26Cl2N3O2+. The summed E-state index contributed by atoms with van der Waals surface area (Å²) in [5.74, 6) is -0.0326. The second-order valence-electron chi connectivity index (χ2n) is 7.09. The number of anilines is 2. The van der Waals surface area contributed by atoms with Crippen molar-refractivity contribution in [2.45, 2.75) is 19.5 Å². The average molecular weight is 423 g/mol. The van der Waals surface area contributed by atoms with Crippen molar-refractivity contribution in [3.8, 4) is 0 Å². The number of nitrogens with one attached hydrogen (secondary N) is 2. The second kappa shape index (κ2) is 9.61. The van der Waals surface area contributed by atoms with Crippen LogP contribution in [0.1, 0.15) is 12.5 Å². The quantitative estimate of drug-likeness (QED) is 0.751. The summed E-state index contributed by atoms with van der Waals surface area (Å²) in [6, 6.07) is 13.3. The first-order valence-electron chi connectivity index (χ1n) is 9.44. The summed E-state index contributed by atoms with van der Waals surface area (Å²) >= 11 is 12.4. The van der Waals surface area contributed by atoms with Gasteiger partial charge < -0.3 is 19.9 Å². The van der Waals surface area contributed by atoms with Gasteiger partial charge in [-0.2, -0.15) is 0 Å². The number of nitrogens with zero attached hydrogens (tertiary/aromatic N) is 1. The summed E-state index contributed by atoms with van der Waals surface area (Å²) in [5, 5.41) is 4.09. The van der Waals surface area contributed by atoms with Gasteiger partial charge in [0, 0.05) is 30.0 Å². The molecule has 0 radical (unpaired) electrons. The first-order chi connectivity index (χ1) is 13.5. The van der Waals surface area contributed by atoms with Crippen molar-refractivity contribution in [1.82, 2.24) is 0 Å². The van der Waals surface area contributed by atoms with Crippen LogP contribution in [-0.4, -0.2) is 45.3 Å². The number of benzene rings is 2. The highest BCUT2D eigenvalue weighted by molar-refractivity contribution is 6.42. The lowest BCUT2D eigenvalue weighted by Gasteiger charge is -2.29. The molecule has 2 N–H and O–H groups in total. The van der Waals surface area contributed by atoms with E-state index < -0.39 is 0 Å². The van der Waals surface area contributed by atoms with E-state index in [1.165, 1.54) is 0 Å². The fourth-order valence-corrected chi connectivity index (χ4v) is 3.58. The van der Waals surface area contributed by atoms with Gasteiger partial charge in [0.25, 0.3) is 5.91 Å². The van der Waals surface area contributed by atoms with E-state index in [4.69, 9.17) is 27.9 Å². The fourth-order valence-electron chi connectivity index (χ4n) is 3.19. The number of morpholine rings is 1. The Morgan fingerprint density at radius 2 is 1.86 bits per heavy atom. The highest BCUT2D eigenvalue weighted by Gasteiger charge is 2.23. The SMILES string of the molecule is C[C@@H](C(=O)Nc1ccc(N2CCOCC2)cc1)[NH+](C)Cc1cccc(Cl)c1Cl. The van der Waals surface area contributed by atoms with Gasteiger partial charge >= 0.3 is 0 Å². The minimum Gasteiger partial charge on any atom is -0.378 e. The van der Waals surface area contributed by atoms with Crippen molar-refractivity contribution in [2.75, 3.05) is 43.6 Å². The van der Waals surface area contributed by atoms with Gasteiger partial charge in [-0.1, -0.05) is 35.3 Å². The lowest BCUT2D eigenvalue weighted by Crippen LogP contribution is -3.12. The molecule has 0 aliphatic carbocycles. The second-order valence-corrected chi connectivity index (χ2v) is 7.88. The van der Waals surface area contributed by atoms with Crippen molar-refractivity contribution in [2.24, 2.45) is 0 Å². The zero-order chi connectivity index (χ0) is 20.1. The molecule has 1 unspecified atom stereocenters. The third kappa shape index (κ3) is 5.17. The van der Waals surface area contributed by atoms with Gasteiger partial charge in [0.1, 0.15) is 6.54 Å². The number of rotatable bonds is 6. The maximum absolute atomic E-state index is 12.7. The van der Waals surface area contributed by atoms with E-state index >= 15 is 0 Å². The van der Waals surface area contributed by atoms with Crippen LogP contribution in [0.5, 0.6) is 0 Å². The van der Waals surface area contributed by atoms with E-state index in [2.05, 4.69) is 10.2 Å². The van der Waals surface area contributed by atoms with E-state index in [0.29, 0.717) is 16.6 Å². The lowest BCUT2D eigenvalue weighted by molar-refractivity contribution is -0.907. The van der Waals surface area contributed by atoms with Crippen LogP contribution in [0.25, 0.3) is 0 Å². The van der Waals surface area contributed by atoms with E-state index in [-0.39, 0.29) is 11.9 Å². The Hall–Kier alpha value is -1.79. The number of halogens is 2. The summed E-state index contributed by atoms with van der Waals surface area (Å²) in [4.78, 5) is 16.0. The Morgan fingerprint density at radius 1 is 1.18 bits per heavy atom. The smallest absolute Gasteiger partial charge is 0.282 e. The molecular weight excluding hydrogens is 397 g/mol. The molecule has 7 heteroatoms. The predicted molar refractivity (Wildman–Crippen MR) is 115 cm³/mol. The summed E-state index contributed by atoms with van der Waals surface area (Å²) in [5.41, 5.74) is 2.87. The Labute approximate surface area is 176 Å². The zero-order valence-electron chi connectivity index (χ0n) is 16.2. The fraction of sp³-hybridized carbons (Fsp3) is 0.381. The topological polar surface area (TPSA) is 46.0 Å². The number of carbonyl (C=O) groups excluding carboxylic acids is 1.